The number of aromatic nitrogens is 3. The molecule has 0 amide bonds. The molecule has 1 aliphatic carbocycles. The zero-order valence-electron chi connectivity index (χ0n) is 9.49. The molecule has 0 saturated heterocycles. The van der Waals surface area contributed by atoms with Gasteiger partial charge >= 0.3 is 0 Å². The Bertz CT molecular complexity index is 468. The lowest BCUT2D eigenvalue weighted by Gasteiger charge is -2.39. The van der Waals surface area contributed by atoms with Gasteiger partial charge in [0, 0.05) is 4.88 Å². The van der Waals surface area contributed by atoms with E-state index in [-0.39, 0.29) is 6.04 Å². The van der Waals surface area contributed by atoms with Crippen molar-refractivity contribution in [1.29, 1.82) is 0 Å². The maximum Gasteiger partial charge on any atom is 0.137 e. The second kappa shape index (κ2) is 4.23. The van der Waals surface area contributed by atoms with Crippen molar-refractivity contribution in [3.8, 4) is 0 Å². The van der Waals surface area contributed by atoms with Crippen molar-refractivity contribution in [2.75, 3.05) is 0 Å². The largest absolute Gasteiger partial charge is 0.382 e. The molecular weight excluding hydrogens is 234 g/mol. The van der Waals surface area contributed by atoms with Crippen molar-refractivity contribution in [2.24, 2.45) is 0 Å². The van der Waals surface area contributed by atoms with E-state index in [0.717, 1.165) is 30.6 Å². The minimum Gasteiger partial charge on any atom is -0.382 e. The maximum atomic E-state index is 11.0. The second-order valence-corrected chi connectivity index (χ2v) is 5.49. The summed E-state index contributed by atoms with van der Waals surface area (Å²) in [6.45, 7) is 0. The van der Waals surface area contributed by atoms with Crippen molar-refractivity contribution in [2.45, 2.75) is 37.3 Å². The molecule has 90 valence electrons. The lowest BCUT2D eigenvalue weighted by Crippen LogP contribution is -2.39. The van der Waals surface area contributed by atoms with E-state index in [0.29, 0.717) is 0 Å². The Morgan fingerprint density at radius 2 is 2.41 bits per heavy atom. The van der Waals surface area contributed by atoms with Gasteiger partial charge in [-0.05, 0) is 24.3 Å². The van der Waals surface area contributed by atoms with E-state index in [1.54, 1.807) is 22.3 Å². The Morgan fingerprint density at radius 1 is 1.47 bits per heavy atom. The van der Waals surface area contributed by atoms with Crippen LogP contribution in [0.15, 0.2) is 30.2 Å². The van der Waals surface area contributed by atoms with Crippen LogP contribution in [-0.4, -0.2) is 19.9 Å². The van der Waals surface area contributed by atoms with Gasteiger partial charge in [0.15, 0.2) is 0 Å². The number of hydrogen-bond acceptors (Lipinski definition) is 4. The Morgan fingerprint density at radius 3 is 3.12 bits per heavy atom. The lowest BCUT2D eigenvalue weighted by molar-refractivity contribution is -0.0486. The fourth-order valence-corrected chi connectivity index (χ4v) is 3.58. The molecule has 0 radical (unpaired) electrons. The fourth-order valence-electron chi connectivity index (χ4n) is 2.68. The highest BCUT2D eigenvalue weighted by atomic mass is 32.1. The second-order valence-electron chi connectivity index (χ2n) is 4.54. The van der Waals surface area contributed by atoms with Crippen LogP contribution in [0.1, 0.15) is 36.6 Å². The first-order valence-corrected chi connectivity index (χ1v) is 6.79. The first-order chi connectivity index (χ1) is 8.31. The topological polar surface area (TPSA) is 50.9 Å². The number of aliphatic hydroxyl groups is 1. The third-order valence-corrected chi connectivity index (χ3v) is 4.58. The molecule has 17 heavy (non-hydrogen) atoms. The smallest absolute Gasteiger partial charge is 0.137 e. The summed E-state index contributed by atoms with van der Waals surface area (Å²) in [6, 6.07) is 4.02. The summed E-state index contributed by atoms with van der Waals surface area (Å²) in [6.07, 6.45) is 7.20. The van der Waals surface area contributed by atoms with E-state index >= 15 is 0 Å². The van der Waals surface area contributed by atoms with Gasteiger partial charge in [0.2, 0.25) is 0 Å². The van der Waals surface area contributed by atoms with Crippen molar-refractivity contribution < 1.29 is 5.11 Å². The Kier molecular flexibility index (Phi) is 2.72. The zero-order valence-corrected chi connectivity index (χ0v) is 10.3. The highest BCUT2D eigenvalue weighted by molar-refractivity contribution is 7.10. The summed E-state index contributed by atoms with van der Waals surface area (Å²) in [4.78, 5) is 5.03. The average Bonchev–Trinajstić information content (AvgIpc) is 3.03. The van der Waals surface area contributed by atoms with Crippen LogP contribution in [-0.2, 0) is 5.60 Å². The number of nitrogens with zero attached hydrogens (tertiary/aromatic N) is 3. The molecule has 5 heteroatoms. The number of rotatable bonds is 2. The predicted molar refractivity (Wildman–Crippen MR) is 65.7 cm³/mol. The molecule has 2 aromatic rings. The third-order valence-electron chi connectivity index (χ3n) is 3.54. The first kappa shape index (κ1) is 10.9. The van der Waals surface area contributed by atoms with Crippen molar-refractivity contribution in [3.63, 3.8) is 0 Å². The molecular formula is C12H15N3OS. The average molecular weight is 249 g/mol. The molecule has 0 bridgehead atoms. The summed E-state index contributed by atoms with van der Waals surface area (Å²) in [7, 11) is 0. The SMILES string of the molecule is OC1(c2cccs2)CCCCC1n1cncn1. The first-order valence-electron chi connectivity index (χ1n) is 5.91. The van der Waals surface area contributed by atoms with Crippen LogP contribution in [0.4, 0.5) is 0 Å². The molecule has 1 aliphatic rings. The van der Waals surface area contributed by atoms with E-state index in [2.05, 4.69) is 10.1 Å². The van der Waals surface area contributed by atoms with E-state index < -0.39 is 5.60 Å². The normalized spacial score (nSPS) is 29.4. The zero-order chi connectivity index (χ0) is 11.7. The number of hydrogen-bond donors (Lipinski definition) is 1. The van der Waals surface area contributed by atoms with E-state index in [9.17, 15) is 5.11 Å². The summed E-state index contributed by atoms with van der Waals surface area (Å²) in [5.41, 5.74) is -0.778. The highest BCUT2D eigenvalue weighted by Crippen LogP contribution is 2.45. The molecule has 1 saturated carbocycles. The highest BCUT2D eigenvalue weighted by Gasteiger charge is 2.42. The quantitative estimate of drug-likeness (QED) is 0.888. The predicted octanol–water partition coefficient (Wildman–Crippen LogP) is 2.34. The van der Waals surface area contributed by atoms with Crippen molar-refractivity contribution in [3.05, 3.63) is 35.0 Å². The Balaban J connectivity index is 2.00. The van der Waals surface area contributed by atoms with Gasteiger partial charge in [-0.15, -0.1) is 11.3 Å². The molecule has 4 nitrogen and oxygen atoms in total. The summed E-state index contributed by atoms with van der Waals surface area (Å²) in [5.74, 6) is 0. The minimum atomic E-state index is -0.778. The molecule has 1 fully saturated rings. The summed E-state index contributed by atoms with van der Waals surface area (Å²) in [5, 5.41) is 17.2. The van der Waals surface area contributed by atoms with Crippen LogP contribution in [0.5, 0.6) is 0 Å². The van der Waals surface area contributed by atoms with E-state index in [4.69, 9.17) is 0 Å². The van der Waals surface area contributed by atoms with E-state index in [1.165, 1.54) is 6.33 Å². The lowest BCUT2D eigenvalue weighted by atomic mass is 9.79. The van der Waals surface area contributed by atoms with Gasteiger partial charge in [0.1, 0.15) is 18.3 Å². The fraction of sp³-hybridized carbons (Fsp3) is 0.500. The van der Waals surface area contributed by atoms with Gasteiger partial charge in [-0.2, -0.15) is 5.10 Å². The van der Waals surface area contributed by atoms with Crippen LogP contribution >= 0.6 is 11.3 Å². The molecule has 0 aliphatic heterocycles. The number of thiophene rings is 1. The van der Waals surface area contributed by atoms with Gasteiger partial charge in [0.25, 0.3) is 0 Å². The molecule has 0 spiro atoms. The minimum absolute atomic E-state index is 0.0115. The van der Waals surface area contributed by atoms with Gasteiger partial charge in [-0.25, -0.2) is 9.67 Å². The van der Waals surface area contributed by atoms with Gasteiger partial charge in [0.05, 0.1) is 6.04 Å². The van der Waals surface area contributed by atoms with E-state index in [1.807, 2.05) is 17.5 Å². The van der Waals surface area contributed by atoms with Crippen molar-refractivity contribution in [1.82, 2.24) is 14.8 Å². The van der Waals surface area contributed by atoms with Gasteiger partial charge in [-0.1, -0.05) is 18.9 Å². The summed E-state index contributed by atoms with van der Waals surface area (Å²) < 4.78 is 1.80. The molecule has 2 unspecified atom stereocenters. The van der Waals surface area contributed by atoms with Crippen LogP contribution < -0.4 is 0 Å². The standard InChI is InChI=1S/C12H15N3OS/c16-12(11-5-3-7-17-11)6-2-1-4-10(12)15-9-13-8-14-15/h3,5,7-10,16H,1-2,4,6H2. The van der Waals surface area contributed by atoms with Gasteiger partial charge < -0.3 is 5.11 Å². The van der Waals surface area contributed by atoms with Crippen LogP contribution in [0.3, 0.4) is 0 Å². The molecule has 2 heterocycles. The molecule has 2 atom stereocenters. The molecule has 0 aromatic carbocycles. The van der Waals surface area contributed by atoms with Crippen LogP contribution in [0.2, 0.25) is 0 Å². The Labute approximate surface area is 104 Å². The van der Waals surface area contributed by atoms with Crippen molar-refractivity contribution >= 4 is 11.3 Å². The molecule has 1 N–H and O–H groups in total. The Hall–Kier alpha value is -1.20. The maximum absolute atomic E-state index is 11.0. The summed E-state index contributed by atoms with van der Waals surface area (Å²) >= 11 is 1.62. The monoisotopic (exact) mass is 249 g/mol. The molecule has 2 aromatic heterocycles. The van der Waals surface area contributed by atoms with Crippen LogP contribution in [0.25, 0.3) is 0 Å². The third kappa shape index (κ3) is 1.79. The molecule has 3 rings (SSSR count). The van der Waals surface area contributed by atoms with Gasteiger partial charge in [-0.3, -0.25) is 0 Å². The van der Waals surface area contributed by atoms with Crippen LogP contribution in [0, 0.1) is 0 Å².